The van der Waals surface area contributed by atoms with E-state index in [1.807, 2.05) is 0 Å². The van der Waals surface area contributed by atoms with Crippen LogP contribution in [0.25, 0.3) is 0 Å². The van der Waals surface area contributed by atoms with Gasteiger partial charge in [0.1, 0.15) is 5.82 Å². The van der Waals surface area contributed by atoms with E-state index in [0.29, 0.717) is 5.69 Å². The summed E-state index contributed by atoms with van der Waals surface area (Å²) in [5, 5.41) is 0. The Bertz CT molecular complexity index is 301. The van der Waals surface area contributed by atoms with Gasteiger partial charge in [0, 0.05) is 18.2 Å². The van der Waals surface area contributed by atoms with Gasteiger partial charge in [-0.15, -0.1) is 0 Å². The van der Waals surface area contributed by atoms with Gasteiger partial charge in [-0.25, -0.2) is 4.39 Å². The first-order chi connectivity index (χ1) is 6.27. The number of nitrogens with two attached hydrogens (primary N) is 1. The molecule has 1 aromatic heterocycles. The van der Waals surface area contributed by atoms with Crippen molar-refractivity contribution in [3.63, 3.8) is 0 Å². The highest BCUT2D eigenvalue weighted by Gasteiger charge is 2.26. The number of halogens is 1. The molecule has 2 nitrogen and oxygen atoms in total. The summed E-state index contributed by atoms with van der Waals surface area (Å²) in [4.78, 5) is 4.06. The normalized spacial score (nSPS) is 27.8. The molecule has 0 aliphatic heterocycles. The van der Waals surface area contributed by atoms with E-state index >= 15 is 0 Å². The van der Waals surface area contributed by atoms with E-state index in [9.17, 15) is 4.39 Å². The number of pyridine rings is 1. The first-order valence-electron chi connectivity index (χ1n) is 4.63. The number of rotatable bonds is 1. The summed E-state index contributed by atoms with van der Waals surface area (Å²) in [6, 6.07) is 3.31. The molecular formula is C10H13FN2. The molecule has 1 fully saturated rings. The third-order valence-electron chi connectivity index (χ3n) is 2.65. The molecule has 2 unspecified atom stereocenters. The molecule has 0 spiro atoms. The predicted octanol–water partition coefficient (Wildman–Crippen LogP) is 1.82. The van der Waals surface area contributed by atoms with Crippen molar-refractivity contribution in [1.82, 2.24) is 4.98 Å². The maximum atomic E-state index is 13.3. The summed E-state index contributed by atoms with van der Waals surface area (Å²) in [6.07, 6.45) is 4.46. The fraction of sp³-hybridized carbons (Fsp3) is 0.500. The molecule has 1 aliphatic carbocycles. The van der Waals surface area contributed by atoms with Gasteiger partial charge in [-0.3, -0.25) is 4.98 Å². The molecule has 0 amide bonds. The van der Waals surface area contributed by atoms with Crippen LogP contribution in [0.5, 0.6) is 0 Å². The molecular weight excluding hydrogens is 167 g/mol. The topological polar surface area (TPSA) is 38.9 Å². The van der Waals surface area contributed by atoms with Crippen molar-refractivity contribution >= 4 is 0 Å². The number of hydrogen-bond acceptors (Lipinski definition) is 2. The van der Waals surface area contributed by atoms with E-state index in [-0.39, 0.29) is 17.8 Å². The van der Waals surface area contributed by atoms with Crippen molar-refractivity contribution in [1.29, 1.82) is 0 Å². The molecule has 70 valence electrons. The molecule has 1 saturated carbocycles. The largest absolute Gasteiger partial charge is 0.328 e. The molecule has 0 bridgehead atoms. The number of nitrogens with zero attached hydrogens (tertiary/aromatic N) is 1. The van der Waals surface area contributed by atoms with E-state index in [4.69, 9.17) is 5.73 Å². The van der Waals surface area contributed by atoms with Gasteiger partial charge in [-0.1, -0.05) is 0 Å². The zero-order valence-electron chi connectivity index (χ0n) is 7.41. The Balaban J connectivity index is 2.21. The highest BCUT2D eigenvalue weighted by molar-refractivity contribution is 5.14. The molecule has 13 heavy (non-hydrogen) atoms. The molecule has 1 heterocycles. The van der Waals surface area contributed by atoms with Crippen molar-refractivity contribution in [2.75, 3.05) is 0 Å². The van der Waals surface area contributed by atoms with Gasteiger partial charge in [0.25, 0.3) is 0 Å². The van der Waals surface area contributed by atoms with E-state index < -0.39 is 0 Å². The minimum Gasteiger partial charge on any atom is -0.328 e. The molecule has 0 radical (unpaired) electrons. The summed E-state index contributed by atoms with van der Waals surface area (Å²) >= 11 is 0. The third kappa shape index (κ3) is 1.70. The lowest BCUT2D eigenvalue weighted by Crippen LogP contribution is -2.14. The highest BCUT2D eigenvalue weighted by atomic mass is 19.1. The molecule has 2 atom stereocenters. The van der Waals surface area contributed by atoms with Crippen molar-refractivity contribution in [2.24, 2.45) is 5.73 Å². The van der Waals surface area contributed by atoms with Crippen LogP contribution < -0.4 is 5.73 Å². The van der Waals surface area contributed by atoms with Gasteiger partial charge < -0.3 is 5.73 Å². The lowest BCUT2D eigenvalue weighted by molar-refractivity contribution is 0.560. The average molecular weight is 180 g/mol. The Morgan fingerprint density at radius 3 is 2.92 bits per heavy atom. The Labute approximate surface area is 77.0 Å². The van der Waals surface area contributed by atoms with Crippen molar-refractivity contribution in [2.45, 2.75) is 31.2 Å². The van der Waals surface area contributed by atoms with Gasteiger partial charge in [0.05, 0.1) is 5.69 Å². The smallest absolute Gasteiger partial charge is 0.144 e. The number of aromatic nitrogens is 1. The zero-order valence-corrected chi connectivity index (χ0v) is 7.41. The van der Waals surface area contributed by atoms with E-state index in [2.05, 4.69) is 4.98 Å². The summed E-state index contributed by atoms with van der Waals surface area (Å²) in [5.74, 6) is 0.0396. The third-order valence-corrected chi connectivity index (χ3v) is 2.65. The second-order valence-electron chi connectivity index (χ2n) is 3.64. The van der Waals surface area contributed by atoms with E-state index in [1.54, 1.807) is 12.3 Å². The van der Waals surface area contributed by atoms with Crippen LogP contribution >= 0.6 is 0 Å². The zero-order chi connectivity index (χ0) is 9.26. The van der Waals surface area contributed by atoms with Gasteiger partial charge in [0.15, 0.2) is 0 Å². The van der Waals surface area contributed by atoms with Crippen LogP contribution in [0.4, 0.5) is 4.39 Å². The van der Waals surface area contributed by atoms with Gasteiger partial charge in [-0.2, -0.15) is 0 Å². The van der Waals surface area contributed by atoms with E-state index in [0.717, 1.165) is 19.3 Å². The minimum atomic E-state index is -0.193. The SMILES string of the molecule is NC1CCC(c2ncccc2F)C1. The molecule has 0 saturated heterocycles. The van der Waals surface area contributed by atoms with Crippen LogP contribution in [0, 0.1) is 5.82 Å². The summed E-state index contributed by atoms with van der Waals surface area (Å²) < 4.78 is 13.3. The Morgan fingerprint density at radius 2 is 2.31 bits per heavy atom. The van der Waals surface area contributed by atoms with Crippen molar-refractivity contribution < 1.29 is 4.39 Å². The highest BCUT2D eigenvalue weighted by Crippen LogP contribution is 2.33. The van der Waals surface area contributed by atoms with Crippen LogP contribution in [0.15, 0.2) is 18.3 Å². The van der Waals surface area contributed by atoms with Crippen LogP contribution in [0.1, 0.15) is 30.9 Å². The van der Waals surface area contributed by atoms with Crippen LogP contribution in [0.2, 0.25) is 0 Å². The average Bonchev–Trinajstić information content (AvgIpc) is 2.53. The lowest BCUT2D eigenvalue weighted by Gasteiger charge is -2.08. The molecule has 0 aromatic carbocycles. The maximum Gasteiger partial charge on any atom is 0.144 e. The van der Waals surface area contributed by atoms with E-state index in [1.165, 1.54) is 6.07 Å². The van der Waals surface area contributed by atoms with Gasteiger partial charge in [-0.05, 0) is 31.4 Å². The molecule has 1 aromatic rings. The summed E-state index contributed by atoms with van der Waals surface area (Å²) in [7, 11) is 0. The minimum absolute atomic E-state index is 0.193. The van der Waals surface area contributed by atoms with Crippen LogP contribution in [0.3, 0.4) is 0 Å². The quantitative estimate of drug-likeness (QED) is 0.716. The predicted molar refractivity (Wildman–Crippen MR) is 48.8 cm³/mol. The summed E-state index contributed by atoms with van der Waals surface area (Å²) in [6.45, 7) is 0. The molecule has 2 N–H and O–H groups in total. The molecule has 1 aliphatic rings. The first-order valence-corrected chi connectivity index (χ1v) is 4.63. The molecule has 2 rings (SSSR count). The van der Waals surface area contributed by atoms with Gasteiger partial charge in [0.2, 0.25) is 0 Å². The van der Waals surface area contributed by atoms with Crippen LogP contribution in [-0.4, -0.2) is 11.0 Å². The van der Waals surface area contributed by atoms with Crippen molar-refractivity contribution in [3.05, 3.63) is 29.8 Å². The van der Waals surface area contributed by atoms with Gasteiger partial charge >= 0.3 is 0 Å². The Morgan fingerprint density at radius 1 is 1.46 bits per heavy atom. The van der Waals surface area contributed by atoms with Crippen LogP contribution in [-0.2, 0) is 0 Å². The Hall–Kier alpha value is -0.960. The molecule has 3 heteroatoms. The standard InChI is InChI=1S/C10H13FN2/c11-9-2-1-5-13-10(9)7-3-4-8(12)6-7/h1-2,5,7-8H,3-4,6,12H2. The first kappa shape index (κ1) is 8.63. The second kappa shape index (κ2) is 3.42. The second-order valence-corrected chi connectivity index (χ2v) is 3.64. The fourth-order valence-corrected chi connectivity index (χ4v) is 1.96. The van der Waals surface area contributed by atoms with Crippen molar-refractivity contribution in [3.8, 4) is 0 Å². The lowest BCUT2D eigenvalue weighted by atomic mass is 10.0. The monoisotopic (exact) mass is 180 g/mol. The fourth-order valence-electron chi connectivity index (χ4n) is 1.96. The Kier molecular flexibility index (Phi) is 2.27. The number of hydrogen-bond donors (Lipinski definition) is 1. The maximum absolute atomic E-state index is 13.3. The summed E-state index contributed by atoms with van der Waals surface area (Å²) in [5.41, 5.74) is 6.36.